The molecule has 2 bridgehead atoms. The highest BCUT2D eigenvalue weighted by Gasteiger charge is 2.61. The average molecular weight is 386 g/mol. The van der Waals surface area contributed by atoms with Crippen molar-refractivity contribution in [2.75, 3.05) is 0 Å². The quantitative estimate of drug-likeness (QED) is 0.519. The van der Waals surface area contributed by atoms with Gasteiger partial charge in [-0.25, -0.2) is 4.39 Å². The number of hydrogen-bond donors (Lipinski definition) is 0. The molecule has 2 aliphatic rings. The molecule has 2 fully saturated rings. The third-order valence-corrected chi connectivity index (χ3v) is 5.87. The Labute approximate surface area is 170 Å². The standard InChI is InChI=1S/C26H23FO2/c1-19-17-25(21-10-4-2-5-11-21)24(16-20-9-8-14-23(27)15-20)28-26(18-19,29-25)22-12-6-3-7-13-22/h2-16,19H,17-18H2,1H3/b24-16-/t19-,25-,26+/m1/s1. The van der Waals surface area contributed by atoms with Crippen molar-refractivity contribution >= 4 is 6.08 Å². The number of halogens is 1. The fourth-order valence-electron chi connectivity index (χ4n) is 4.71. The second-order valence-electron chi connectivity index (χ2n) is 8.09. The van der Waals surface area contributed by atoms with E-state index in [1.165, 1.54) is 12.1 Å². The minimum absolute atomic E-state index is 0.263. The summed E-state index contributed by atoms with van der Waals surface area (Å²) in [6.07, 6.45) is 3.51. The van der Waals surface area contributed by atoms with Gasteiger partial charge in [0.05, 0.1) is 0 Å². The van der Waals surface area contributed by atoms with E-state index in [9.17, 15) is 4.39 Å². The topological polar surface area (TPSA) is 18.5 Å². The van der Waals surface area contributed by atoms with E-state index in [0.29, 0.717) is 5.92 Å². The number of benzene rings is 3. The van der Waals surface area contributed by atoms with E-state index in [0.717, 1.165) is 35.3 Å². The van der Waals surface area contributed by atoms with Crippen LogP contribution in [0.2, 0.25) is 0 Å². The molecule has 2 nitrogen and oxygen atoms in total. The number of fused-ring (bicyclic) bond motifs is 2. The second kappa shape index (κ2) is 6.85. The first-order valence-corrected chi connectivity index (χ1v) is 10.1. The van der Waals surface area contributed by atoms with Crippen molar-refractivity contribution in [1.82, 2.24) is 0 Å². The Bertz CT molecular complexity index is 1050. The predicted molar refractivity (Wildman–Crippen MR) is 111 cm³/mol. The van der Waals surface area contributed by atoms with Crippen LogP contribution < -0.4 is 0 Å². The first kappa shape index (κ1) is 18.1. The molecule has 0 aromatic heterocycles. The minimum Gasteiger partial charge on any atom is -0.459 e. The number of ether oxygens (including phenoxy) is 2. The largest absolute Gasteiger partial charge is 0.459 e. The fourth-order valence-corrected chi connectivity index (χ4v) is 4.71. The molecule has 0 spiro atoms. The summed E-state index contributed by atoms with van der Waals surface area (Å²) < 4.78 is 27.3. The maximum atomic E-state index is 13.8. The van der Waals surface area contributed by atoms with Crippen LogP contribution in [0.15, 0.2) is 90.7 Å². The van der Waals surface area contributed by atoms with E-state index in [1.807, 2.05) is 48.5 Å². The minimum atomic E-state index is -0.839. The van der Waals surface area contributed by atoms with Gasteiger partial charge < -0.3 is 9.47 Å². The van der Waals surface area contributed by atoms with E-state index in [-0.39, 0.29) is 5.82 Å². The Morgan fingerprint density at radius 1 is 0.862 bits per heavy atom. The zero-order valence-corrected chi connectivity index (χ0v) is 16.3. The lowest BCUT2D eigenvalue weighted by molar-refractivity contribution is -0.234. The van der Waals surface area contributed by atoms with E-state index < -0.39 is 11.4 Å². The summed E-state index contributed by atoms with van der Waals surface area (Å²) in [7, 11) is 0. The summed E-state index contributed by atoms with van der Waals surface area (Å²) in [5.74, 6) is 0.0275. The first-order chi connectivity index (χ1) is 14.1. The SMILES string of the molecule is C[C@H]1C[C@]2(c3ccccc3)O/C(=C\c3cccc(F)c3)[C@](c3ccccc3)(C1)O2. The molecule has 29 heavy (non-hydrogen) atoms. The maximum Gasteiger partial charge on any atom is 0.238 e. The monoisotopic (exact) mass is 386 g/mol. The zero-order valence-electron chi connectivity index (χ0n) is 16.3. The third kappa shape index (κ3) is 3.06. The highest BCUT2D eigenvalue weighted by Crippen LogP contribution is 2.60. The molecule has 0 saturated carbocycles. The van der Waals surface area contributed by atoms with E-state index >= 15 is 0 Å². The third-order valence-electron chi connectivity index (χ3n) is 5.87. The summed E-state index contributed by atoms with van der Waals surface area (Å²) >= 11 is 0. The van der Waals surface area contributed by atoms with Crippen molar-refractivity contribution in [3.05, 3.63) is 113 Å². The van der Waals surface area contributed by atoms with E-state index in [2.05, 4.69) is 31.2 Å². The van der Waals surface area contributed by atoms with Crippen molar-refractivity contribution in [3.63, 3.8) is 0 Å². The van der Waals surface area contributed by atoms with Gasteiger partial charge in [0, 0.05) is 12.0 Å². The van der Waals surface area contributed by atoms with Gasteiger partial charge >= 0.3 is 0 Å². The molecule has 3 atom stereocenters. The molecule has 2 heterocycles. The van der Waals surface area contributed by atoms with Gasteiger partial charge in [-0.3, -0.25) is 0 Å². The Morgan fingerprint density at radius 2 is 1.55 bits per heavy atom. The Morgan fingerprint density at radius 3 is 2.24 bits per heavy atom. The first-order valence-electron chi connectivity index (χ1n) is 10.1. The molecular weight excluding hydrogens is 363 g/mol. The lowest BCUT2D eigenvalue weighted by Crippen LogP contribution is -2.41. The molecule has 0 aliphatic carbocycles. The molecule has 2 aliphatic heterocycles. The lowest BCUT2D eigenvalue weighted by Gasteiger charge is -2.40. The average Bonchev–Trinajstić information content (AvgIpc) is 2.98. The van der Waals surface area contributed by atoms with Crippen LogP contribution in [0, 0.1) is 11.7 Å². The number of hydrogen-bond acceptors (Lipinski definition) is 2. The van der Waals surface area contributed by atoms with Crippen LogP contribution in [-0.2, 0) is 20.9 Å². The Hall–Kier alpha value is -2.91. The molecule has 3 aromatic carbocycles. The van der Waals surface area contributed by atoms with Crippen molar-refractivity contribution in [1.29, 1.82) is 0 Å². The van der Waals surface area contributed by atoms with Crippen LogP contribution in [0.5, 0.6) is 0 Å². The normalized spacial score (nSPS) is 29.6. The summed E-state index contributed by atoms with van der Waals surface area (Å²) in [6, 6.07) is 26.9. The number of rotatable bonds is 3. The van der Waals surface area contributed by atoms with Crippen LogP contribution in [0.4, 0.5) is 4.39 Å². The van der Waals surface area contributed by atoms with Gasteiger partial charge in [0.15, 0.2) is 5.60 Å². The van der Waals surface area contributed by atoms with Crippen molar-refractivity contribution in [3.8, 4) is 0 Å². The van der Waals surface area contributed by atoms with Crippen LogP contribution >= 0.6 is 0 Å². The van der Waals surface area contributed by atoms with E-state index in [4.69, 9.17) is 9.47 Å². The van der Waals surface area contributed by atoms with Gasteiger partial charge in [-0.2, -0.15) is 0 Å². The molecule has 0 N–H and O–H groups in total. The second-order valence-corrected chi connectivity index (χ2v) is 8.09. The molecule has 2 saturated heterocycles. The molecule has 146 valence electrons. The Balaban J connectivity index is 1.70. The Kier molecular flexibility index (Phi) is 4.29. The fraction of sp³-hybridized carbons (Fsp3) is 0.231. The highest BCUT2D eigenvalue weighted by atomic mass is 19.1. The molecule has 3 heteroatoms. The summed E-state index contributed by atoms with van der Waals surface area (Å²) in [5.41, 5.74) is 2.14. The molecule has 0 radical (unpaired) electrons. The van der Waals surface area contributed by atoms with Crippen molar-refractivity contribution < 1.29 is 13.9 Å². The molecule has 5 rings (SSSR count). The summed E-state index contributed by atoms with van der Waals surface area (Å²) in [5, 5.41) is 0. The summed E-state index contributed by atoms with van der Waals surface area (Å²) in [6.45, 7) is 2.24. The van der Waals surface area contributed by atoms with Crippen LogP contribution in [0.25, 0.3) is 6.08 Å². The van der Waals surface area contributed by atoms with Gasteiger partial charge in [0.2, 0.25) is 5.79 Å². The predicted octanol–water partition coefficient (Wildman–Crippen LogP) is 6.39. The van der Waals surface area contributed by atoms with Crippen molar-refractivity contribution in [2.45, 2.75) is 31.2 Å². The van der Waals surface area contributed by atoms with Gasteiger partial charge in [0.1, 0.15) is 11.6 Å². The smallest absolute Gasteiger partial charge is 0.238 e. The van der Waals surface area contributed by atoms with Gasteiger partial charge in [-0.05, 0) is 41.7 Å². The highest BCUT2D eigenvalue weighted by molar-refractivity contribution is 5.56. The van der Waals surface area contributed by atoms with Crippen molar-refractivity contribution in [2.24, 2.45) is 5.92 Å². The zero-order chi connectivity index (χ0) is 19.9. The summed E-state index contributed by atoms with van der Waals surface area (Å²) in [4.78, 5) is 0. The molecule has 0 amide bonds. The molecular formula is C26H23FO2. The maximum absolute atomic E-state index is 13.8. The van der Waals surface area contributed by atoms with Crippen LogP contribution in [0.3, 0.4) is 0 Å². The van der Waals surface area contributed by atoms with Crippen LogP contribution in [-0.4, -0.2) is 0 Å². The molecule has 3 aromatic rings. The molecule has 0 unspecified atom stereocenters. The van der Waals surface area contributed by atoms with Gasteiger partial charge in [-0.1, -0.05) is 79.7 Å². The lowest BCUT2D eigenvalue weighted by atomic mass is 9.78. The van der Waals surface area contributed by atoms with E-state index in [1.54, 1.807) is 6.07 Å². The van der Waals surface area contributed by atoms with Gasteiger partial charge in [-0.15, -0.1) is 0 Å². The van der Waals surface area contributed by atoms with Crippen LogP contribution in [0.1, 0.15) is 36.5 Å². The van der Waals surface area contributed by atoms with Gasteiger partial charge in [0.25, 0.3) is 0 Å².